The quantitative estimate of drug-likeness (QED) is 0.542. The van der Waals surface area contributed by atoms with Crippen LogP contribution in [-0.2, 0) is 4.79 Å². The lowest BCUT2D eigenvalue weighted by molar-refractivity contribution is -0.116. The molecule has 0 saturated carbocycles. The molecule has 0 aliphatic rings. The van der Waals surface area contributed by atoms with Crippen molar-refractivity contribution in [3.63, 3.8) is 0 Å². The number of hydrogen-bond acceptors (Lipinski definition) is 5. The van der Waals surface area contributed by atoms with E-state index in [1.165, 1.54) is 4.90 Å². The van der Waals surface area contributed by atoms with Gasteiger partial charge in [0.2, 0.25) is 5.91 Å². The molecule has 2 N–H and O–H groups in total. The average Bonchev–Trinajstić information content (AvgIpc) is 3.10. The van der Waals surface area contributed by atoms with Crippen molar-refractivity contribution in [2.45, 2.75) is 46.5 Å². The summed E-state index contributed by atoms with van der Waals surface area (Å²) < 4.78 is 10.4. The van der Waals surface area contributed by atoms with Gasteiger partial charge in [0.15, 0.2) is 5.82 Å². The maximum atomic E-state index is 12.7. The number of benzene rings is 1. The summed E-state index contributed by atoms with van der Waals surface area (Å²) in [6.07, 6.45) is 4.04. The van der Waals surface area contributed by atoms with E-state index >= 15 is 0 Å². The van der Waals surface area contributed by atoms with Gasteiger partial charge in [-0.05, 0) is 44.5 Å². The van der Waals surface area contributed by atoms with Crippen LogP contribution in [0.4, 0.5) is 16.3 Å². The second kappa shape index (κ2) is 11.7. The van der Waals surface area contributed by atoms with Gasteiger partial charge >= 0.3 is 6.03 Å². The molecule has 158 valence electrons. The van der Waals surface area contributed by atoms with Crippen molar-refractivity contribution in [2.24, 2.45) is 0 Å². The van der Waals surface area contributed by atoms with Gasteiger partial charge < -0.3 is 24.8 Å². The molecule has 2 aromatic rings. The van der Waals surface area contributed by atoms with Crippen molar-refractivity contribution in [1.82, 2.24) is 10.1 Å². The molecular formula is C21H30N4O4. The van der Waals surface area contributed by atoms with Gasteiger partial charge in [0.1, 0.15) is 18.1 Å². The van der Waals surface area contributed by atoms with Crippen LogP contribution in [0.2, 0.25) is 0 Å². The SMILES string of the molecule is CCCCCCN(CC(=O)Nc1cc(C)on1)C(=O)Nc1ccc(OCC)cc1. The maximum Gasteiger partial charge on any atom is 0.322 e. The van der Waals surface area contributed by atoms with E-state index in [-0.39, 0.29) is 18.5 Å². The molecule has 0 atom stereocenters. The third kappa shape index (κ3) is 7.85. The number of carbonyl (C=O) groups is 2. The molecular weight excluding hydrogens is 372 g/mol. The third-order valence-electron chi connectivity index (χ3n) is 4.22. The number of anilines is 2. The summed E-state index contributed by atoms with van der Waals surface area (Å²) in [7, 11) is 0. The smallest absolute Gasteiger partial charge is 0.322 e. The fourth-order valence-electron chi connectivity index (χ4n) is 2.77. The first-order chi connectivity index (χ1) is 14.0. The van der Waals surface area contributed by atoms with E-state index in [0.29, 0.717) is 30.4 Å². The predicted octanol–water partition coefficient (Wildman–Crippen LogP) is 4.43. The molecule has 0 radical (unpaired) electrons. The zero-order valence-corrected chi connectivity index (χ0v) is 17.4. The Hall–Kier alpha value is -3.03. The highest BCUT2D eigenvalue weighted by atomic mass is 16.5. The molecule has 29 heavy (non-hydrogen) atoms. The molecule has 1 aromatic carbocycles. The first-order valence-electron chi connectivity index (χ1n) is 10.0. The van der Waals surface area contributed by atoms with Gasteiger partial charge in [0.25, 0.3) is 0 Å². The molecule has 0 saturated heterocycles. The number of unbranched alkanes of at least 4 members (excludes halogenated alkanes) is 3. The normalized spacial score (nSPS) is 10.4. The third-order valence-corrected chi connectivity index (χ3v) is 4.22. The maximum absolute atomic E-state index is 12.7. The standard InChI is InChI=1S/C21H30N4O4/c1-4-6-7-8-13-25(15-20(26)23-19-14-16(3)29-24-19)21(27)22-17-9-11-18(12-10-17)28-5-2/h9-12,14H,4-8,13,15H2,1-3H3,(H,22,27)(H,23,24,26). The van der Waals surface area contributed by atoms with Crippen LogP contribution in [0.25, 0.3) is 0 Å². The second-order valence-corrected chi connectivity index (χ2v) is 6.74. The first-order valence-corrected chi connectivity index (χ1v) is 10.0. The molecule has 0 spiro atoms. The monoisotopic (exact) mass is 402 g/mol. The van der Waals surface area contributed by atoms with E-state index in [0.717, 1.165) is 31.4 Å². The van der Waals surface area contributed by atoms with Crippen LogP contribution in [0.1, 0.15) is 45.3 Å². The molecule has 3 amide bonds. The molecule has 0 aliphatic heterocycles. The lowest BCUT2D eigenvalue weighted by Crippen LogP contribution is -2.41. The summed E-state index contributed by atoms with van der Waals surface area (Å²) in [4.78, 5) is 26.6. The number of hydrogen-bond donors (Lipinski definition) is 2. The average molecular weight is 402 g/mol. The highest BCUT2D eigenvalue weighted by molar-refractivity contribution is 5.96. The molecule has 1 aromatic heterocycles. The van der Waals surface area contributed by atoms with E-state index in [1.807, 2.05) is 6.92 Å². The van der Waals surface area contributed by atoms with Gasteiger partial charge in [0.05, 0.1) is 6.61 Å². The Balaban J connectivity index is 1.96. The lowest BCUT2D eigenvalue weighted by atomic mass is 10.2. The fourth-order valence-corrected chi connectivity index (χ4v) is 2.77. The number of carbonyl (C=O) groups excluding carboxylic acids is 2. The van der Waals surface area contributed by atoms with Gasteiger partial charge in [0, 0.05) is 18.3 Å². The van der Waals surface area contributed by atoms with E-state index in [1.54, 1.807) is 37.3 Å². The second-order valence-electron chi connectivity index (χ2n) is 6.74. The van der Waals surface area contributed by atoms with E-state index in [2.05, 4.69) is 22.7 Å². The van der Waals surface area contributed by atoms with Crippen LogP contribution < -0.4 is 15.4 Å². The number of aryl methyl sites for hydroxylation is 1. The van der Waals surface area contributed by atoms with Crippen LogP contribution in [0, 0.1) is 6.92 Å². The Bertz CT molecular complexity index is 773. The van der Waals surface area contributed by atoms with Gasteiger partial charge in [-0.15, -0.1) is 0 Å². The lowest BCUT2D eigenvalue weighted by Gasteiger charge is -2.22. The van der Waals surface area contributed by atoms with Crippen molar-refractivity contribution < 1.29 is 18.8 Å². The number of aromatic nitrogens is 1. The fraction of sp³-hybridized carbons (Fsp3) is 0.476. The van der Waals surface area contributed by atoms with E-state index in [4.69, 9.17) is 9.26 Å². The van der Waals surface area contributed by atoms with Crippen LogP contribution in [0.5, 0.6) is 5.75 Å². The van der Waals surface area contributed by atoms with E-state index < -0.39 is 0 Å². The van der Waals surface area contributed by atoms with Crippen LogP contribution >= 0.6 is 0 Å². The number of nitrogens with zero attached hydrogens (tertiary/aromatic N) is 2. The molecule has 8 heteroatoms. The zero-order chi connectivity index (χ0) is 21.1. The minimum Gasteiger partial charge on any atom is -0.494 e. The molecule has 1 heterocycles. The van der Waals surface area contributed by atoms with Gasteiger partial charge in [-0.25, -0.2) is 4.79 Å². The molecule has 0 fully saturated rings. The summed E-state index contributed by atoms with van der Waals surface area (Å²) in [5, 5.41) is 9.24. The summed E-state index contributed by atoms with van der Waals surface area (Å²) in [6.45, 7) is 6.79. The minimum atomic E-state index is -0.323. The molecule has 8 nitrogen and oxygen atoms in total. The van der Waals surface area contributed by atoms with Crippen molar-refractivity contribution in [3.8, 4) is 5.75 Å². The van der Waals surface area contributed by atoms with Crippen LogP contribution in [0.15, 0.2) is 34.9 Å². The summed E-state index contributed by atoms with van der Waals surface area (Å²) >= 11 is 0. The molecule has 0 bridgehead atoms. The summed E-state index contributed by atoms with van der Waals surface area (Å²) in [5.74, 6) is 1.36. The molecule has 2 rings (SSSR count). The number of urea groups is 1. The number of nitrogens with one attached hydrogen (secondary N) is 2. The molecule has 0 aliphatic carbocycles. The number of rotatable bonds is 11. The largest absolute Gasteiger partial charge is 0.494 e. The van der Waals surface area contributed by atoms with Crippen molar-refractivity contribution in [1.29, 1.82) is 0 Å². The minimum absolute atomic E-state index is 0.0686. The Morgan fingerprint density at radius 3 is 2.48 bits per heavy atom. The van der Waals surface area contributed by atoms with Crippen LogP contribution in [-0.4, -0.2) is 41.7 Å². The van der Waals surface area contributed by atoms with Crippen molar-refractivity contribution >= 4 is 23.4 Å². The Labute approximate surface area is 171 Å². The topological polar surface area (TPSA) is 96.7 Å². The number of amides is 3. The van der Waals surface area contributed by atoms with Gasteiger partial charge in [-0.2, -0.15) is 0 Å². The summed E-state index contributed by atoms with van der Waals surface area (Å²) in [6, 6.07) is 8.45. The first kappa shape index (κ1) is 22.3. The molecule has 0 unspecified atom stereocenters. The van der Waals surface area contributed by atoms with Crippen LogP contribution in [0.3, 0.4) is 0 Å². The van der Waals surface area contributed by atoms with E-state index in [9.17, 15) is 9.59 Å². The Kier molecular flexibility index (Phi) is 9.01. The highest BCUT2D eigenvalue weighted by Crippen LogP contribution is 2.16. The zero-order valence-electron chi connectivity index (χ0n) is 17.4. The number of ether oxygens (including phenoxy) is 1. The predicted molar refractivity (Wildman–Crippen MR) is 112 cm³/mol. The van der Waals surface area contributed by atoms with Crippen molar-refractivity contribution in [2.75, 3.05) is 30.3 Å². The Morgan fingerprint density at radius 2 is 1.86 bits per heavy atom. The highest BCUT2D eigenvalue weighted by Gasteiger charge is 2.18. The van der Waals surface area contributed by atoms with Gasteiger partial charge in [-0.1, -0.05) is 31.3 Å². The summed E-state index contributed by atoms with van der Waals surface area (Å²) in [5.41, 5.74) is 0.643. The van der Waals surface area contributed by atoms with Gasteiger partial charge in [-0.3, -0.25) is 4.79 Å². The Morgan fingerprint density at radius 1 is 1.10 bits per heavy atom. The van der Waals surface area contributed by atoms with Crippen molar-refractivity contribution in [3.05, 3.63) is 36.1 Å².